The number of hydrogen-bond donors (Lipinski definition) is 0. The largest absolute Gasteiger partial charge is 0.462 e. The number of unbranched alkanes of at least 4 members (excludes halogenated alkanes) is 43. The van der Waals surface area contributed by atoms with E-state index in [-0.39, 0.29) is 31.1 Å². The van der Waals surface area contributed by atoms with Crippen LogP contribution in [0.25, 0.3) is 0 Å². The summed E-state index contributed by atoms with van der Waals surface area (Å²) in [6.07, 6.45) is 81.2. The summed E-state index contributed by atoms with van der Waals surface area (Å²) in [4.78, 5) is 38.4. The molecule has 0 rings (SSSR count). The van der Waals surface area contributed by atoms with E-state index in [4.69, 9.17) is 14.2 Å². The quantitative estimate of drug-likeness (QED) is 0.0261. The topological polar surface area (TPSA) is 78.9 Å². The number of esters is 3. The Morgan fingerprint density at radius 1 is 0.263 bits per heavy atom. The van der Waals surface area contributed by atoms with Gasteiger partial charge in [-0.15, -0.1) is 0 Å². The highest BCUT2D eigenvalue weighted by Crippen LogP contribution is 2.17. The van der Waals surface area contributed by atoms with Gasteiger partial charge in [0, 0.05) is 19.3 Å². The van der Waals surface area contributed by atoms with Gasteiger partial charge >= 0.3 is 17.9 Å². The van der Waals surface area contributed by atoms with E-state index in [1.807, 2.05) is 0 Å². The van der Waals surface area contributed by atoms with Crippen molar-refractivity contribution in [3.05, 3.63) is 48.6 Å². The third kappa shape index (κ3) is 62.2. The number of hydrogen-bond acceptors (Lipinski definition) is 6. The second-order valence-electron chi connectivity index (χ2n) is 22.7. The van der Waals surface area contributed by atoms with Gasteiger partial charge in [-0.25, -0.2) is 0 Å². The van der Waals surface area contributed by atoms with Crippen LogP contribution in [0.1, 0.15) is 361 Å². The zero-order valence-corrected chi connectivity index (χ0v) is 51.0. The minimum absolute atomic E-state index is 0.0747. The zero-order chi connectivity index (χ0) is 55.0. The molecule has 0 aromatic rings. The highest BCUT2D eigenvalue weighted by Gasteiger charge is 2.19. The summed E-state index contributed by atoms with van der Waals surface area (Å²) in [7, 11) is 0. The van der Waals surface area contributed by atoms with Gasteiger partial charge in [-0.3, -0.25) is 14.4 Å². The predicted molar refractivity (Wildman–Crippen MR) is 330 cm³/mol. The maximum atomic E-state index is 12.9. The number of carbonyl (C=O) groups is 3. The van der Waals surface area contributed by atoms with Gasteiger partial charge in [0.1, 0.15) is 13.2 Å². The van der Waals surface area contributed by atoms with Crippen LogP contribution >= 0.6 is 0 Å². The SMILES string of the molecule is CCCCC/C=C\C/C=C\CCCCCCCCCCCC(=O)OC(COC(=O)CCCCCCCCC/C=C\CCCCCCCCC)COC(=O)CCCCCCCCCCC/C=C\CCCCCCCCCC. The Morgan fingerprint density at radius 2 is 0.474 bits per heavy atom. The third-order valence-electron chi connectivity index (χ3n) is 15.0. The standard InChI is InChI=1S/C70H128O6/c1-4-7-10-13-16-19-22-25-28-31-34-35-37-39-42-45-48-51-54-57-60-63-69(72)75-66-67(65-74-68(71)62-59-56-53-50-47-44-41-38-33-30-27-24-21-18-15-12-9-6-3)76-70(73)64-61-58-55-52-49-46-43-40-36-32-29-26-23-20-17-14-11-8-5-2/h17,20,26,29-31,33-34,67H,4-16,18-19,21-25,27-28,32,35-66H2,1-3H3/b20-17-,29-26-,33-30-,34-31-. The average molecular weight is 1070 g/mol. The Bertz CT molecular complexity index is 1310. The van der Waals surface area contributed by atoms with Crippen LogP contribution < -0.4 is 0 Å². The third-order valence-corrected chi connectivity index (χ3v) is 15.0. The van der Waals surface area contributed by atoms with E-state index >= 15 is 0 Å². The summed E-state index contributed by atoms with van der Waals surface area (Å²) < 4.78 is 17.0. The fourth-order valence-corrected chi connectivity index (χ4v) is 9.94. The fraction of sp³-hybridized carbons (Fsp3) is 0.843. The molecule has 0 aliphatic carbocycles. The minimum atomic E-state index is -0.779. The number of rotatable bonds is 62. The van der Waals surface area contributed by atoms with E-state index < -0.39 is 6.10 Å². The summed E-state index contributed by atoms with van der Waals surface area (Å²) in [6, 6.07) is 0. The van der Waals surface area contributed by atoms with Gasteiger partial charge in [-0.05, 0) is 103 Å². The molecular weight excluding hydrogens is 937 g/mol. The summed E-state index contributed by atoms with van der Waals surface area (Å²) in [5.74, 6) is -0.863. The van der Waals surface area contributed by atoms with E-state index in [1.54, 1.807) is 0 Å². The summed E-state index contributed by atoms with van der Waals surface area (Å²) in [5, 5.41) is 0. The smallest absolute Gasteiger partial charge is 0.306 e. The Hall–Kier alpha value is -2.63. The Labute approximate surface area is 473 Å². The predicted octanol–water partition coefficient (Wildman–Crippen LogP) is 22.9. The molecule has 6 nitrogen and oxygen atoms in total. The monoisotopic (exact) mass is 1060 g/mol. The molecule has 0 amide bonds. The molecule has 0 saturated heterocycles. The lowest BCUT2D eigenvalue weighted by Gasteiger charge is -2.18. The molecule has 6 heteroatoms. The maximum absolute atomic E-state index is 12.9. The molecule has 0 N–H and O–H groups in total. The van der Waals surface area contributed by atoms with E-state index in [2.05, 4.69) is 69.4 Å². The van der Waals surface area contributed by atoms with Crippen LogP contribution in [0.2, 0.25) is 0 Å². The van der Waals surface area contributed by atoms with Crippen molar-refractivity contribution in [2.75, 3.05) is 13.2 Å². The van der Waals surface area contributed by atoms with Crippen molar-refractivity contribution < 1.29 is 28.6 Å². The zero-order valence-electron chi connectivity index (χ0n) is 51.0. The molecule has 0 aliphatic heterocycles. The minimum Gasteiger partial charge on any atom is -0.462 e. The van der Waals surface area contributed by atoms with Gasteiger partial charge in [-0.1, -0.05) is 288 Å². The molecule has 1 unspecified atom stereocenters. The highest BCUT2D eigenvalue weighted by atomic mass is 16.6. The van der Waals surface area contributed by atoms with E-state index in [0.717, 1.165) is 64.2 Å². The molecule has 76 heavy (non-hydrogen) atoms. The molecule has 0 aliphatic rings. The molecule has 0 radical (unpaired) electrons. The first kappa shape index (κ1) is 73.4. The van der Waals surface area contributed by atoms with E-state index in [1.165, 1.54) is 257 Å². The van der Waals surface area contributed by atoms with Crippen LogP contribution in [-0.4, -0.2) is 37.2 Å². The van der Waals surface area contributed by atoms with Crippen molar-refractivity contribution in [3.8, 4) is 0 Å². The number of ether oxygens (including phenoxy) is 3. The molecular formula is C70H128O6. The van der Waals surface area contributed by atoms with Gasteiger partial charge in [-0.2, -0.15) is 0 Å². The van der Waals surface area contributed by atoms with Gasteiger partial charge in [0.2, 0.25) is 0 Å². The van der Waals surface area contributed by atoms with E-state index in [9.17, 15) is 14.4 Å². The molecule has 0 heterocycles. The molecule has 0 aromatic heterocycles. The molecule has 0 bridgehead atoms. The van der Waals surface area contributed by atoms with Gasteiger partial charge in [0.05, 0.1) is 0 Å². The molecule has 1 atom stereocenters. The van der Waals surface area contributed by atoms with Crippen LogP contribution in [-0.2, 0) is 28.6 Å². The second kappa shape index (κ2) is 64.9. The first-order valence-corrected chi connectivity index (χ1v) is 33.6. The Kier molecular flexibility index (Phi) is 62.6. The van der Waals surface area contributed by atoms with Crippen LogP contribution in [0.15, 0.2) is 48.6 Å². The number of allylic oxidation sites excluding steroid dienone is 8. The van der Waals surface area contributed by atoms with Crippen molar-refractivity contribution in [3.63, 3.8) is 0 Å². The Balaban J connectivity index is 4.35. The first-order chi connectivity index (χ1) is 37.5. The highest BCUT2D eigenvalue weighted by molar-refractivity contribution is 5.71. The lowest BCUT2D eigenvalue weighted by Crippen LogP contribution is -2.30. The molecule has 0 fully saturated rings. The molecule has 0 saturated carbocycles. The van der Waals surface area contributed by atoms with Gasteiger partial charge in [0.15, 0.2) is 6.10 Å². The van der Waals surface area contributed by atoms with Crippen LogP contribution in [0.3, 0.4) is 0 Å². The summed E-state index contributed by atoms with van der Waals surface area (Å²) >= 11 is 0. The number of carbonyl (C=O) groups excluding carboxylic acids is 3. The van der Waals surface area contributed by atoms with E-state index in [0.29, 0.717) is 19.3 Å². The normalized spacial score (nSPS) is 12.3. The lowest BCUT2D eigenvalue weighted by atomic mass is 10.1. The first-order valence-electron chi connectivity index (χ1n) is 33.6. The molecule has 0 aromatic carbocycles. The van der Waals surface area contributed by atoms with Crippen molar-refractivity contribution in [2.24, 2.45) is 0 Å². The van der Waals surface area contributed by atoms with Crippen LogP contribution in [0.5, 0.6) is 0 Å². The van der Waals surface area contributed by atoms with Crippen LogP contribution in [0.4, 0.5) is 0 Å². The van der Waals surface area contributed by atoms with Crippen molar-refractivity contribution in [2.45, 2.75) is 367 Å². The van der Waals surface area contributed by atoms with Gasteiger partial charge in [0.25, 0.3) is 0 Å². The van der Waals surface area contributed by atoms with Crippen LogP contribution in [0, 0.1) is 0 Å². The Morgan fingerprint density at radius 3 is 0.763 bits per heavy atom. The summed E-state index contributed by atoms with van der Waals surface area (Å²) in [5.41, 5.74) is 0. The van der Waals surface area contributed by atoms with Crippen molar-refractivity contribution >= 4 is 17.9 Å². The van der Waals surface area contributed by atoms with Gasteiger partial charge < -0.3 is 14.2 Å². The second-order valence-corrected chi connectivity index (χ2v) is 22.7. The summed E-state index contributed by atoms with van der Waals surface area (Å²) in [6.45, 7) is 6.66. The average Bonchev–Trinajstić information content (AvgIpc) is 3.42. The molecule has 0 spiro atoms. The fourth-order valence-electron chi connectivity index (χ4n) is 9.94. The lowest BCUT2D eigenvalue weighted by molar-refractivity contribution is -0.167. The van der Waals surface area contributed by atoms with Crippen molar-refractivity contribution in [1.82, 2.24) is 0 Å². The molecule has 444 valence electrons. The van der Waals surface area contributed by atoms with Crippen molar-refractivity contribution in [1.29, 1.82) is 0 Å². The maximum Gasteiger partial charge on any atom is 0.306 e.